The van der Waals surface area contributed by atoms with Gasteiger partial charge < -0.3 is 20.0 Å². The molecule has 0 bridgehead atoms. The molecule has 1 aliphatic heterocycles. The Kier molecular flexibility index (Phi) is 4.67. The Hall–Kier alpha value is -2.73. The first-order chi connectivity index (χ1) is 12.7. The molecular weight excluding hydrogens is 352 g/mol. The number of amides is 2. The van der Waals surface area contributed by atoms with E-state index in [0.717, 1.165) is 30.5 Å². The predicted molar refractivity (Wildman–Crippen MR) is 103 cm³/mol. The summed E-state index contributed by atoms with van der Waals surface area (Å²) < 4.78 is 5.87. The Morgan fingerprint density at radius 2 is 2.04 bits per heavy atom. The minimum Gasteiger partial charge on any atom is -0.423 e. The van der Waals surface area contributed by atoms with Crippen molar-refractivity contribution in [2.24, 2.45) is 0 Å². The number of carbonyl (C=O) groups excluding carboxylic acids is 1. The summed E-state index contributed by atoms with van der Waals surface area (Å²) in [5.74, 6) is 0. The van der Waals surface area contributed by atoms with Crippen molar-refractivity contribution in [3.05, 3.63) is 53.6 Å². The standard InChI is InChI=1S/C19H19ClN4O2/c20-13-7-9-14(10-8-13)22-18(25)21-12-15-4-3-11-24(15)19-23-16-5-1-2-6-17(16)26-19/h1-2,5-10,15H,3-4,11-12H2,(H2,21,22,25). The molecule has 0 spiro atoms. The maximum Gasteiger partial charge on any atom is 0.319 e. The third kappa shape index (κ3) is 3.60. The van der Waals surface area contributed by atoms with Crippen LogP contribution < -0.4 is 15.5 Å². The monoisotopic (exact) mass is 370 g/mol. The lowest BCUT2D eigenvalue weighted by molar-refractivity contribution is 0.251. The summed E-state index contributed by atoms with van der Waals surface area (Å²) in [5.41, 5.74) is 2.33. The van der Waals surface area contributed by atoms with E-state index >= 15 is 0 Å². The first kappa shape index (κ1) is 16.7. The summed E-state index contributed by atoms with van der Waals surface area (Å²) >= 11 is 5.85. The molecule has 26 heavy (non-hydrogen) atoms. The Morgan fingerprint density at radius 3 is 2.85 bits per heavy atom. The molecule has 134 valence electrons. The van der Waals surface area contributed by atoms with Gasteiger partial charge in [-0.2, -0.15) is 4.98 Å². The zero-order valence-electron chi connectivity index (χ0n) is 14.1. The highest BCUT2D eigenvalue weighted by atomic mass is 35.5. The van der Waals surface area contributed by atoms with Crippen LogP contribution in [0, 0.1) is 0 Å². The van der Waals surface area contributed by atoms with Crippen molar-refractivity contribution < 1.29 is 9.21 Å². The van der Waals surface area contributed by atoms with Crippen molar-refractivity contribution in [3.8, 4) is 0 Å². The third-order valence-electron chi connectivity index (χ3n) is 4.51. The number of rotatable bonds is 4. The van der Waals surface area contributed by atoms with E-state index in [1.54, 1.807) is 24.3 Å². The van der Waals surface area contributed by atoms with Crippen LogP contribution in [0.3, 0.4) is 0 Å². The highest BCUT2D eigenvalue weighted by Gasteiger charge is 2.28. The number of hydrogen-bond acceptors (Lipinski definition) is 4. The molecule has 1 aromatic heterocycles. The molecule has 2 N–H and O–H groups in total. The number of nitrogens with zero attached hydrogens (tertiary/aromatic N) is 2. The molecule has 0 aliphatic carbocycles. The second-order valence-electron chi connectivity index (χ2n) is 6.30. The molecule has 1 aliphatic rings. The zero-order chi connectivity index (χ0) is 17.9. The Labute approximate surface area is 156 Å². The highest BCUT2D eigenvalue weighted by Crippen LogP contribution is 2.28. The van der Waals surface area contributed by atoms with E-state index in [0.29, 0.717) is 23.3 Å². The lowest BCUT2D eigenvalue weighted by atomic mass is 10.2. The lowest BCUT2D eigenvalue weighted by Gasteiger charge is -2.23. The number of fused-ring (bicyclic) bond motifs is 1. The fourth-order valence-electron chi connectivity index (χ4n) is 3.20. The number of benzene rings is 2. The minimum atomic E-state index is -0.239. The van der Waals surface area contributed by atoms with Gasteiger partial charge in [-0.15, -0.1) is 0 Å². The van der Waals surface area contributed by atoms with E-state index in [1.165, 1.54) is 0 Å². The molecule has 0 radical (unpaired) electrons. The fourth-order valence-corrected chi connectivity index (χ4v) is 3.33. The fraction of sp³-hybridized carbons (Fsp3) is 0.263. The average molecular weight is 371 g/mol. The minimum absolute atomic E-state index is 0.166. The molecule has 4 rings (SSSR count). The van der Waals surface area contributed by atoms with Gasteiger partial charge in [-0.05, 0) is 49.2 Å². The van der Waals surface area contributed by atoms with Crippen LogP contribution in [0.25, 0.3) is 11.1 Å². The summed E-state index contributed by atoms with van der Waals surface area (Å²) in [6, 6.07) is 15.3. The largest absolute Gasteiger partial charge is 0.423 e. The second kappa shape index (κ2) is 7.25. The zero-order valence-corrected chi connectivity index (χ0v) is 14.9. The molecule has 6 nitrogen and oxygen atoms in total. The first-order valence-electron chi connectivity index (χ1n) is 8.62. The maximum absolute atomic E-state index is 12.1. The van der Waals surface area contributed by atoms with Crippen molar-refractivity contribution in [3.63, 3.8) is 0 Å². The van der Waals surface area contributed by atoms with E-state index in [1.807, 2.05) is 24.3 Å². The molecule has 1 atom stereocenters. The number of anilines is 2. The van der Waals surface area contributed by atoms with Gasteiger partial charge in [-0.25, -0.2) is 4.79 Å². The quantitative estimate of drug-likeness (QED) is 0.719. The number of halogens is 1. The van der Waals surface area contributed by atoms with Gasteiger partial charge in [0.05, 0.1) is 6.04 Å². The SMILES string of the molecule is O=C(NCC1CCCN1c1nc2ccccc2o1)Nc1ccc(Cl)cc1. The van der Waals surface area contributed by atoms with Crippen LogP contribution in [-0.4, -0.2) is 30.1 Å². The number of aromatic nitrogens is 1. The van der Waals surface area contributed by atoms with Crippen LogP contribution >= 0.6 is 11.6 Å². The summed E-state index contributed by atoms with van der Waals surface area (Å²) in [7, 11) is 0. The van der Waals surface area contributed by atoms with Gasteiger partial charge in [-0.1, -0.05) is 23.7 Å². The molecule has 3 aromatic rings. The van der Waals surface area contributed by atoms with Crippen molar-refractivity contribution in [1.82, 2.24) is 10.3 Å². The van der Waals surface area contributed by atoms with E-state index in [2.05, 4.69) is 20.5 Å². The molecule has 0 saturated carbocycles. The molecule has 1 fully saturated rings. The Balaban J connectivity index is 1.37. The van der Waals surface area contributed by atoms with Crippen LogP contribution in [0.2, 0.25) is 5.02 Å². The Morgan fingerprint density at radius 1 is 1.23 bits per heavy atom. The molecule has 2 amide bonds. The summed E-state index contributed by atoms with van der Waals surface area (Å²) in [4.78, 5) is 18.8. The summed E-state index contributed by atoms with van der Waals surface area (Å²) in [6.07, 6.45) is 2.03. The molecule has 1 unspecified atom stereocenters. The predicted octanol–water partition coefficient (Wildman–Crippen LogP) is 4.27. The normalized spacial score (nSPS) is 16.8. The van der Waals surface area contributed by atoms with Crippen LogP contribution in [0.15, 0.2) is 52.9 Å². The van der Waals surface area contributed by atoms with Crippen molar-refractivity contribution >= 4 is 40.4 Å². The number of para-hydroxylation sites is 2. The highest BCUT2D eigenvalue weighted by molar-refractivity contribution is 6.30. The van der Waals surface area contributed by atoms with Gasteiger partial charge in [0, 0.05) is 23.8 Å². The topological polar surface area (TPSA) is 70.4 Å². The molecule has 1 saturated heterocycles. The van der Waals surface area contributed by atoms with Gasteiger partial charge in [0.2, 0.25) is 0 Å². The number of nitrogens with one attached hydrogen (secondary N) is 2. The van der Waals surface area contributed by atoms with Crippen LogP contribution in [0.4, 0.5) is 16.5 Å². The first-order valence-corrected chi connectivity index (χ1v) is 8.99. The van der Waals surface area contributed by atoms with Crippen molar-refractivity contribution in [2.45, 2.75) is 18.9 Å². The molecule has 2 heterocycles. The van der Waals surface area contributed by atoms with Crippen LogP contribution in [-0.2, 0) is 0 Å². The number of hydrogen-bond donors (Lipinski definition) is 2. The molecule has 7 heteroatoms. The number of urea groups is 1. The maximum atomic E-state index is 12.1. The van der Waals surface area contributed by atoms with Gasteiger partial charge >= 0.3 is 6.03 Å². The van der Waals surface area contributed by atoms with E-state index in [-0.39, 0.29) is 12.1 Å². The van der Waals surface area contributed by atoms with Gasteiger partial charge in [-0.3, -0.25) is 0 Å². The van der Waals surface area contributed by atoms with Gasteiger partial charge in [0.1, 0.15) is 5.52 Å². The number of oxazole rings is 1. The summed E-state index contributed by atoms with van der Waals surface area (Å²) in [6.45, 7) is 1.40. The second-order valence-corrected chi connectivity index (χ2v) is 6.73. The van der Waals surface area contributed by atoms with Crippen molar-refractivity contribution in [2.75, 3.05) is 23.3 Å². The average Bonchev–Trinajstić information content (AvgIpc) is 3.28. The van der Waals surface area contributed by atoms with E-state index in [4.69, 9.17) is 16.0 Å². The van der Waals surface area contributed by atoms with Crippen LogP contribution in [0.5, 0.6) is 0 Å². The summed E-state index contributed by atoms with van der Waals surface area (Å²) in [5, 5.41) is 6.37. The van der Waals surface area contributed by atoms with E-state index < -0.39 is 0 Å². The number of carbonyl (C=O) groups is 1. The van der Waals surface area contributed by atoms with Crippen molar-refractivity contribution in [1.29, 1.82) is 0 Å². The van der Waals surface area contributed by atoms with E-state index in [9.17, 15) is 4.79 Å². The Bertz CT molecular complexity index is 876. The lowest BCUT2D eigenvalue weighted by Crippen LogP contribution is -2.41. The molecule has 2 aromatic carbocycles. The third-order valence-corrected chi connectivity index (χ3v) is 4.76. The van der Waals surface area contributed by atoms with Gasteiger partial charge in [0.15, 0.2) is 5.58 Å². The molecular formula is C19H19ClN4O2. The van der Waals surface area contributed by atoms with Crippen LogP contribution in [0.1, 0.15) is 12.8 Å². The van der Waals surface area contributed by atoms with Gasteiger partial charge in [0.25, 0.3) is 6.01 Å². The smallest absolute Gasteiger partial charge is 0.319 e.